The number of likely N-dealkylation sites (tertiary alicyclic amines) is 1. The molecule has 2 N–H and O–H groups in total. The largest absolute Gasteiger partial charge is 0.480 e. The van der Waals surface area contributed by atoms with Gasteiger partial charge in [-0.15, -0.1) is 0 Å². The van der Waals surface area contributed by atoms with E-state index in [1.165, 1.54) is 0 Å². The van der Waals surface area contributed by atoms with Crippen molar-refractivity contribution in [2.75, 3.05) is 6.54 Å². The fourth-order valence-corrected chi connectivity index (χ4v) is 4.22. The summed E-state index contributed by atoms with van der Waals surface area (Å²) in [5.41, 5.74) is 0. The monoisotopic (exact) mass is 280 g/mol. The van der Waals surface area contributed by atoms with Crippen LogP contribution in [0.5, 0.6) is 0 Å². The summed E-state index contributed by atoms with van der Waals surface area (Å²) in [7, 11) is 0. The van der Waals surface area contributed by atoms with Crippen LogP contribution in [0.25, 0.3) is 0 Å². The zero-order valence-electron chi connectivity index (χ0n) is 12.0. The quantitative estimate of drug-likeness (QED) is 0.816. The number of carboxylic acid groups (broad SMARTS) is 1. The van der Waals surface area contributed by atoms with Gasteiger partial charge in [0.25, 0.3) is 0 Å². The molecule has 1 amide bonds. The second-order valence-corrected chi connectivity index (χ2v) is 6.57. The van der Waals surface area contributed by atoms with Crippen molar-refractivity contribution in [3.63, 3.8) is 0 Å². The molecule has 0 radical (unpaired) electrons. The minimum Gasteiger partial charge on any atom is -0.480 e. The van der Waals surface area contributed by atoms with Gasteiger partial charge in [0.05, 0.1) is 5.92 Å². The van der Waals surface area contributed by atoms with Crippen LogP contribution in [0.2, 0.25) is 0 Å². The zero-order valence-corrected chi connectivity index (χ0v) is 12.0. The van der Waals surface area contributed by atoms with Crippen molar-refractivity contribution >= 4 is 11.9 Å². The number of hydrogen-bond donors (Lipinski definition) is 2. The van der Waals surface area contributed by atoms with Gasteiger partial charge >= 0.3 is 5.97 Å². The highest BCUT2D eigenvalue weighted by atomic mass is 16.4. The van der Waals surface area contributed by atoms with E-state index >= 15 is 0 Å². The lowest BCUT2D eigenvalue weighted by Crippen LogP contribution is -2.53. The highest BCUT2D eigenvalue weighted by Gasteiger charge is 2.46. The predicted molar refractivity (Wildman–Crippen MR) is 74.2 cm³/mol. The molecule has 0 aromatic rings. The van der Waals surface area contributed by atoms with Gasteiger partial charge in [0.1, 0.15) is 6.04 Å². The molecule has 0 spiro atoms. The molecule has 3 heterocycles. The van der Waals surface area contributed by atoms with Crippen LogP contribution in [-0.2, 0) is 9.59 Å². The Hall–Kier alpha value is -1.10. The molecule has 0 aromatic carbocycles. The van der Waals surface area contributed by atoms with Gasteiger partial charge in [-0.25, -0.2) is 4.79 Å². The molecule has 3 saturated heterocycles. The summed E-state index contributed by atoms with van der Waals surface area (Å²) in [6.07, 6.45) is 5.68. The first-order valence-electron chi connectivity index (χ1n) is 7.89. The summed E-state index contributed by atoms with van der Waals surface area (Å²) in [6.45, 7) is 2.71. The first-order chi connectivity index (χ1) is 9.60. The SMILES string of the molecule is CCC1CCN(C(=O)C2CC3CCC2N3)C(C(=O)O)C1. The number of piperidine rings is 1. The molecule has 5 nitrogen and oxygen atoms in total. The molecule has 112 valence electrons. The van der Waals surface area contributed by atoms with Gasteiger partial charge in [-0.1, -0.05) is 13.3 Å². The van der Waals surface area contributed by atoms with Crippen LogP contribution in [0, 0.1) is 11.8 Å². The second-order valence-electron chi connectivity index (χ2n) is 6.57. The summed E-state index contributed by atoms with van der Waals surface area (Å²) in [5.74, 6) is -0.314. The van der Waals surface area contributed by atoms with Crippen LogP contribution < -0.4 is 5.32 Å². The molecule has 5 heteroatoms. The molecule has 3 aliphatic rings. The Kier molecular flexibility index (Phi) is 3.71. The Morgan fingerprint density at radius 2 is 2.05 bits per heavy atom. The number of nitrogens with one attached hydrogen (secondary N) is 1. The lowest BCUT2D eigenvalue weighted by molar-refractivity contribution is -0.155. The minimum absolute atomic E-state index is 0.00813. The molecule has 3 aliphatic heterocycles. The van der Waals surface area contributed by atoms with E-state index in [0.29, 0.717) is 24.9 Å². The molecule has 3 fully saturated rings. The number of carbonyl (C=O) groups excluding carboxylic acids is 1. The summed E-state index contributed by atoms with van der Waals surface area (Å²) in [5, 5.41) is 12.9. The van der Waals surface area contributed by atoms with Gasteiger partial charge in [-0.05, 0) is 38.0 Å². The molecule has 20 heavy (non-hydrogen) atoms. The van der Waals surface area contributed by atoms with Crippen molar-refractivity contribution in [2.45, 2.75) is 63.6 Å². The van der Waals surface area contributed by atoms with Crippen LogP contribution in [0.4, 0.5) is 0 Å². The van der Waals surface area contributed by atoms with E-state index in [0.717, 1.165) is 32.1 Å². The summed E-state index contributed by atoms with van der Waals surface area (Å²) in [4.78, 5) is 25.9. The van der Waals surface area contributed by atoms with E-state index in [4.69, 9.17) is 0 Å². The average molecular weight is 280 g/mol. The molecule has 5 atom stereocenters. The van der Waals surface area contributed by atoms with Crippen LogP contribution in [-0.4, -0.2) is 46.6 Å². The number of fused-ring (bicyclic) bond motifs is 2. The topological polar surface area (TPSA) is 69.6 Å². The Morgan fingerprint density at radius 1 is 1.25 bits per heavy atom. The first-order valence-corrected chi connectivity index (χ1v) is 7.89. The maximum Gasteiger partial charge on any atom is 0.326 e. The molecule has 3 rings (SSSR count). The summed E-state index contributed by atoms with van der Waals surface area (Å²) < 4.78 is 0. The number of aliphatic carboxylic acids is 1. The highest BCUT2D eigenvalue weighted by Crippen LogP contribution is 2.36. The smallest absolute Gasteiger partial charge is 0.326 e. The lowest BCUT2D eigenvalue weighted by atomic mass is 9.84. The minimum atomic E-state index is -0.840. The normalized spacial score (nSPS) is 40.0. The van der Waals surface area contributed by atoms with E-state index in [-0.39, 0.29) is 17.9 Å². The van der Waals surface area contributed by atoms with E-state index < -0.39 is 12.0 Å². The fraction of sp³-hybridized carbons (Fsp3) is 0.867. The third kappa shape index (κ3) is 2.32. The van der Waals surface area contributed by atoms with Gasteiger partial charge in [0, 0.05) is 18.6 Å². The fourth-order valence-electron chi connectivity index (χ4n) is 4.22. The van der Waals surface area contributed by atoms with E-state index in [1.807, 2.05) is 0 Å². The molecule has 0 aliphatic carbocycles. The number of hydrogen-bond acceptors (Lipinski definition) is 3. The van der Waals surface area contributed by atoms with Crippen molar-refractivity contribution in [2.24, 2.45) is 11.8 Å². The number of nitrogens with zero attached hydrogens (tertiary/aromatic N) is 1. The van der Waals surface area contributed by atoms with Gasteiger partial charge in [-0.3, -0.25) is 4.79 Å². The van der Waals surface area contributed by atoms with Crippen molar-refractivity contribution in [1.29, 1.82) is 0 Å². The van der Waals surface area contributed by atoms with Crippen LogP contribution in [0.3, 0.4) is 0 Å². The van der Waals surface area contributed by atoms with Crippen molar-refractivity contribution < 1.29 is 14.7 Å². The number of carbonyl (C=O) groups is 2. The summed E-state index contributed by atoms with van der Waals surface area (Å²) >= 11 is 0. The molecular formula is C15H24N2O3. The van der Waals surface area contributed by atoms with Crippen molar-refractivity contribution in [3.8, 4) is 0 Å². The van der Waals surface area contributed by atoms with E-state index in [9.17, 15) is 14.7 Å². The Bertz CT molecular complexity index is 412. The van der Waals surface area contributed by atoms with Gasteiger partial charge < -0.3 is 15.3 Å². The Labute approximate surface area is 119 Å². The van der Waals surface area contributed by atoms with Gasteiger partial charge in [-0.2, -0.15) is 0 Å². The molecule has 2 bridgehead atoms. The first kappa shape index (κ1) is 13.9. The third-order valence-corrected chi connectivity index (χ3v) is 5.47. The Morgan fingerprint density at radius 3 is 2.60 bits per heavy atom. The highest BCUT2D eigenvalue weighted by molar-refractivity contribution is 5.86. The van der Waals surface area contributed by atoms with Crippen molar-refractivity contribution in [3.05, 3.63) is 0 Å². The predicted octanol–water partition coefficient (Wildman–Crippen LogP) is 1.23. The third-order valence-electron chi connectivity index (χ3n) is 5.47. The van der Waals surface area contributed by atoms with Gasteiger partial charge in [0.2, 0.25) is 5.91 Å². The average Bonchev–Trinajstić information content (AvgIpc) is 3.08. The van der Waals surface area contributed by atoms with Crippen molar-refractivity contribution in [1.82, 2.24) is 10.2 Å². The maximum absolute atomic E-state index is 12.7. The maximum atomic E-state index is 12.7. The van der Waals surface area contributed by atoms with Crippen LogP contribution in [0.1, 0.15) is 45.4 Å². The molecular weight excluding hydrogens is 256 g/mol. The zero-order chi connectivity index (χ0) is 14.3. The molecule has 0 saturated carbocycles. The van der Waals surface area contributed by atoms with Gasteiger partial charge in [0.15, 0.2) is 0 Å². The summed E-state index contributed by atoms with van der Waals surface area (Å²) in [6, 6.07) is 0.150. The number of rotatable bonds is 3. The lowest BCUT2D eigenvalue weighted by Gasteiger charge is -2.39. The van der Waals surface area contributed by atoms with E-state index in [2.05, 4.69) is 12.2 Å². The Balaban J connectivity index is 1.71. The molecule has 0 aromatic heterocycles. The number of amides is 1. The van der Waals surface area contributed by atoms with E-state index in [1.54, 1.807) is 4.90 Å². The van der Waals surface area contributed by atoms with Crippen LogP contribution >= 0.6 is 0 Å². The number of carboxylic acids is 1. The standard InChI is InChI=1S/C15H24N2O3/c1-2-9-5-6-17(13(7-9)15(19)20)14(18)11-8-10-3-4-12(11)16-10/h9-13,16H,2-8H2,1H3,(H,19,20). The van der Waals surface area contributed by atoms with Crippen LogP contribution in [0.15, 0.2) is 0 Å². The second kappa shape index (κ2) is 5.35. The molecule has 5 unspecified atom stereocenters.